The van der Waals surface area contributed by atoms with Crippen LogP contribution in [0, 0.1) is 0 Å². The Bertz CT molecular complexity index is 3170. The zero-order valence-corrected chi connectivity index (χ0v) is 43.8. The summed E-state index contributed by atoms with van der Waals surface area (Å²) in [6.07, 6.45) is 2.69. The number of nitrogens with zero attached hydrogens (tertiary/aromatic N) is 2. The summed E-state index contributed by atoms with van der Waals surface area (Å²) in [4.78, 5) is 62.6. The largest absolute Gasteiger partial charge is 0.457 e. The number of ether oxygens (including phenoxy) is 4. The van der Waals surface area contributed by atoms with E-state index < -0.39 is 23.6 Å². The Balaban J connectivity index is 1.39. The van der Waals surface area contributed by atoms with Gasteiger partial charge < -0.3 is 18.9 Å². The molecule has 9 aromatic carbocycles. The molecule has 4 amide bonds. The average Bonchev–Trinajstić information content (AvgIpc) is 3.35. The van der Waals surface area contributed by atoms with Crippen molar-refractivity contribution < 1.29 is 38.1 Å². The summed E-state index contributed by atoms with van der Waals surface area (Å²) in [6.45, 7) is 4.41. The summed E-state index contributed by atoms with van der Waals surface area (Å²) in [5.74, 6) is 0.987. The molecule has 0 radical (unpaired) electrons. The molecule has 0 aliphatic carbocycles. The number of unbranched alkanes of at least 4 members (excludes halogenated alkanes) is 2. The smallest absolute Gasteiger partial charge is 0.261 e. The molecular formula is C56H38Br4N2O8. The molecule has 0 atom stereocenters. The van der Waals surface area contributed by atoms with Gasteiger partial charge in [-0.05, 0) is 134 Å². The number of imide groups is 2. The number of amides is 4. The molecule has 11 rings (SSSR count). The van der Waals surface area contributed by atoms with Crippen molar-refractivity contribution in [1.29, 1.82) is 0 Å². The van der Waals surface area contributed by atoms with Crippen molar-refractivity contribution >= 4 is 130 Å². The molecule has 14 heteroatoms. The van der Waals surface area contributed by atoms with Crippen molar-refractivity contribution in [3.63, 3.8) is 0 Å². The first-order valence-electron chi connectivity index (χ1n) is 22.7. The molecule has 0 saturated carbocycles. The number of rotatable bonds is 14. The number of fused-ring (bicyclic) bond motifs is 2. The number of benzene rings is 9. The second kappa shape index (κ2) is 18.5. The van der Waals surface area contributed by atoms with Crippen LogP contribution in [0.25, 0.3) is 43.1 Å². The van der Waals surface area contributed by atoms with E-state index in [9.17, 15) is 19.2 Å². The molecule has 10 nitrogen and oxygen atoms in total. The molecule has 70 heavy (non-hydrogen) atoms. The third kappa shape index (κ3) is 7.89. The van der Waals surface area contributed by atoms with E-state index in [1.807, 2.05) is 111 Å². The highest BCUT2D eigenvalue weighted by molar-refractivity contribution is 9.11. The summed E-state index contributed by atoms with van der Waals surface area (Å²) < 4.78 is 31.2. The highest BCUT2D eigenvalue weighted by atomic mass is 79.9. The highest BCUT2D eigenvalue weighted by Crippen LogP contribution is 2.58. The van der Waals surface area contributed by atoms with Crippen molar-refractivity contribution in [3.05, 3.63) is 161 Å². The summed E-state index contributed by atoms with van der Waals surface area (Å²) in [5.41, 5.74) is 1.02. The second-order valence-electron chi connectivity index (χ2n) is 17.1. The van der Waals surface area contributed by atoms with Crippen molar-refractivity contribution in [2.45, 2.75) is 39.5 Å². The van der Waals surface area contributed by atoms with Crippen LogP contribution in [0.3, 0.4) is 0 Å². The van der Waals surface area contributed by atoms with Crippen molar-refractivity contribution in [2.24, 2.45) is 0 Å². The maximum Gasteiger partial charge on any atom is 0.261 e. The van der Waals surface area contributed by atoms with Crippen LogP contribution in [0.5, 0.6) is 46.0 Å². The van der Waals surface area contributed by atoms with E-state index in [0.717, 1.165) is 30.7 Å². The van der Waals surface area contributed by atoms with Crippen LogP contribution in [0.15, 0.2) is 139 Å². The molecule has 0 spiro atoms. The fourth-order valence-corrected chi connectivity index (χ4v) is 10.5. The van der Waals surface area contributed by atoms with E-state index >= 15 is 0 Å². The van der Waals surface area contributed by atoms with Gasteiger partial charge in [0.25, 0.3) is 23.6 Å². The third-order valence-electron chi connectivity index (χ3n) is 12.7. The predicted octanol–water partition coefficient (Wildman–Crippen LogP) is 16.7. The summed E-state index contributed by atoms with van der Waals surface area (Å²) in [5, 5.41) is 3.50. The molecule has 348 valence electrons. The Morgan fingerprint density at radius 1 is 0.343 bits per heavy atom. The Morgan fingerprint density at radius 3 is 0.786 bits per heavy atom. The van der Waals surface area contributed by atoms with E-state index in [1.165, 1.54) is 9.80 Å². The first-order valence-corrected chi connectivity index (χ1v) is 25.9. The molecule has 0 saturated heterocycles. The predicted molar refractivity (Wildman–Crippen MR) is 285 cm³/mol. The number of hydrogen-bond donors (Lipinski definition) is 0. The minimum absolute atomic E-state index is 0.200. The van der Waals surface area contributed by atoms with Gasteiger partial charge in [0.05, 0.1) is 22.3 Å². The van der Waals surface area contributed by atoms with Crippen LogP contribution in [0.4, 0.5) is 0 Å². The van der Waals surface area contributed by atoms with Gasteiger partial charge in [-0.15, -0.1) is 0 Å². The number of halogens is 4. The fourth-order valence-electron chi connectivity index (χ4n) is 9.49. The van der Waals surface area contributed by atoms with Gasteiger partial charge in [0.2, 0.25) is 0 Å². The van der Waals surface area contributed by atoms with Gasteiger partial charge in [0.1, 0.15) is 46.0 Å². The van der Waals surface area contributed by atoms with Crippen LogP contribution in [-0.4, -0.2) is 46.5 Å². The van der Waals surface area contributed by atoms with Crippen LogP contribution >= 0.6 is 63.7 Å². The molecule has 9 aromatic rings. The molecule has 2 aliphatic rings. The molecule has 0 bridgehead atoms. The van der Waals surface area contributed by atoms with Crippen molar-refractivity contribution in [2.75, 3.05) is 13.1 Å². The fraction of sp³-hybridized carbons (Fsp3) is 0.143. The first kappa shape index (κ1) is 46.1. The van der Waals surface area contributed by atoms with E-state index in [0.29, 0.717) is 78.9 Å². The average molecular weight is 1190 g/mol. The van der Waals surface area contributed by atoms with Gasteiger partial charge in [-0.3, -0.25) is 29.0 Å². The van der Waals surface area contributed by atoms with Gasteiger partial charge >= 0.3 is 0 Å². The van der Waals surface area contributed by atoms with E-state index in [1.54, 1.807) is 24.3 Å². The maximum absolute atomic E-state index is 15.0. The second-order valence-corrected chi connectivity index (χ2v) is 20.8. The zero-order chi connectivity index (χ0) is 48.5. The minimum Gasteiger partial charge on any atom is -0.457 e. The van der Waals surface area contributed by atoms with Gasteiger partial charge in [0.15, 0.2) is 0 Å². The molecule has 2 aliphatic heterocycles. The van der Waals surface area contributed by atoms with Crippen LogP contribution < -0.4 is 18.9 Å². The van der Waals surface area contributed by atoms with Gasteiger partial charge in [-0.25, -0.2) is 0 Å². The minimum atomic E-state index is -0.470. The molecular weight excluding hydrogens is 1150 g/mol. The standard InChI is InChI=1S/C56H38Br4N2O8/c1-3-5-23-61-53(63)37-25-41(67-33-15-7-29(57)8-16-33)47-49-43(69-35-19-11-31(59)12-20-35)27-39-46-40(56(66)62(55(39)65)24-6-4-2)28-44(70-36-21-13-32(60)14-22-36)50(52(46)49)48-42(68-34-17-9-30(58)10-18-34)26-38(54(61)64)45(37)51(47)48/h7-22,25-28H,3-6,23-24H2,1-2H3. The monoisotopic (exact) mass is 1180 g/mol. The normalized spacial score (nSPS) is 13.4. The molecule has 0 N–H and O–H groups in total. The molecule has 0 unspecified atom stereocenters. The summed E-state index contributed by atoms with van der Waals surface area (Å²) >= 11 is 14.2. The SMILES string of the molecule is CCCCN1C(=O)c2cc(Oc3ccc(Br)cc3)c3c4c(Oc5ccc(Br)cc5)cc5c6c(cc(Oc7ccc(Br)cc7)c(c7c(Oc8ccc(Br)cc8)cc(c2c37)C1=O)c64)C(=O)N(CCCC)C5=O. The van der Waals surface area contributed by atoms with Crippen molar-refractivity contribution in [3.8, 4) is 46.0 Å². The summed E-state index contributed by atoms with van der Waals surface area (Å²) in [6, 6.07) is 36.1. The van der Waals surface area contributed by atoms with Gasteiger partial charge in [-0.2, -0.15) is 0 Å². The number of carbonyl (C=O) groups is 4. The van der Waals surface area contributed by atoms with Gasteiger partial charge in [-0.1, -0.05) is 90.4 Å². The van der Waals surface area contributed by atoms with Crippen LogP contribution in [-0.2, 0) is 0 Å². The lowest BCUT2D eigenvalue weighted by atomic mass is 9.80. The van der Waals surface area contributed by atoms with Gasteiger partial charge in [0, 0.05) is 74.1 Å². The lowest BCUT2D eigenvalue weighted by Gasteiger charge is -2.32. The number of hydrogen-bond acceptors (Lipinski definition) is 8. The summed E-state index contributed by atoms with van der Waals surface area (Å²) in [7, 11) is 0. The Kier molecular flexibility index (Phi) is 12.1. The highest BCUT2D eigenvalue weighted by Gasteiger charge is 2.41. The lowest BCUT2D eigenvalue weighted by Crippen LogP contribution is -2.41. The number of carbonyl (C=O) groups excluding carboxylic acids is 4. The lowest BCUT2D eigenvalue weighted by molar-refractivity contribution is 0.0593. The van der Waals surface area contributed by atoms with Crippen LogP contribution in [0.1, 0.15) is 81.0 Å². The van der Waals surface area contributed by atoms with E-state index in [2.05, 4.69) is 63.7 Å². The quantitative estimate of drug-likeness (QED) is 0.0601. The first-order chi connectivity index (χ1) is 33.9. The topological polar surface area (TPSA) is 112 Å². The molecule has 2 heterocycles. The third-order valence-corrected chi connectivity index (χ3v) is 14.8. The van der Waals surface area contributed by atoms with E-state index in [-0.39, 0.29) is 58.3 Å². The maximum atomic E-state index is 15.0. The Hall–Kier alpha value is -6.32. The molecule has 0 aromatic heterocycles. The molecule has 0 fully saturated rings. The Morgan fingerprint density at radius 2 is 0.571 bits per heavy atom. The zero-order valence-electron chi connectivity index (χ0n) is 37.5. The van der Waals surface area contributed by atoms with Crippen LogP contribution in [0.2, 0.25) is 0 Å². The van der Waals surface area contributed by atoms with E-state index in [4.69, 9.17) is 18.9 Å². The Labute approximate surface area is 435 Å². The van der Waals surface area contributed by atoms with Crippen molar-refractivity contribution in [1.82, 2.24) is 9.80 Å².